The standard InChI is InChI=1S/C21H37N3O4/c1-4-6-13-23(3)20(26)17-9-7-16(8-10-17)19(25)22-18-11-14-24(15-12-18)21(27)28-5-2/h16-18H,4-15H2,1-3H3,(H,22,25). The molecule has 0 aromatic rings. The molecule has 2 aliphatic rings. The fourth-order valence-corrected chi connectivity index (χ4v) is 4.16. The van der Waals surface area contributed by atoms with Gasteiger partial charge in [0.15, 0.2) is 0 Å². The van der Waals surface area contributed by atoms with Crippen LogP contribution in [0.2, 0.25) is 0 Å². The van der Waals surface area contributed by atoms with Crippen LogP contribution >= 0.6 is 0 Å². The molecule has 0 bridgehead atoms. The summed E-state index contributed by atoms with van der Waals surface area (Å²) in [5.41, 5.74) is 0. The van der Waals surface area contributed by atoms with E-state index in [1.54, 1.807) is 11.8 Å². The second-order valence-corrected chi connectivity index (χ2v) is 8.13. The topological polar surface area (TPSA) is 79.0 Å². The first-order valence-electron chi connectivity index (χ1n) is 10.9. The molecule has 1 saturated heterocycles. The number of carbonyl (C=O) groups is 3. The summed E-state index contributed by atoms with van der Waals surface area (Å²) in [6, 6.07) is 0.123. The van der Waals surface area contributed by atoms with E-state index < -0.39 is 0 Å². The summed E-state index contributed by atoms with van der Waals surface area (Å²) in [6.45, 7) is 6.37. The molecule has 160 valence electrons. The number of nitrogens with zero attached hydrogens (tertiary/aromatic N) is 2. The van der Waals surface area contributed by atoms with Crippen LogP contribution in [0.15, 0.2) is 0 Å². The fourth-order valence-electron chi connectivity index (χ4n) is 4.16. The van der Waals surface area contributed by atoms with Crippen molar-refractivity contribution in [3.05, 3.63) is 0 Å². The lowest BCUT2D eigenvalue weighted by atomic mass is 9.80. The highest BCUT2D eigenvalue weighted by Gasteiger charge is 2.32. The average molecular weight is 396 g/mol. The highest BCUT2D eigenvalue weighted by atomic mass is 16.6. The summed E-state index contributed by atoms with van der Waals surface area (Å²) in [5, 5.41) is 3.16. The summed E-state index contributed by atoms with van der Waals surface area (Å²) in [7, 11) is 1.89. The van der Waals surface area contributed by atoms with Crippen molar-refractivity contribution in [3.63, 3.8) is 0 Å². The number of likely N-dealkylation sites (tertiary alicyclic amines) is 1. The molecule has 28 heavy (non-hydrogen) atoms. The van der Waals surface area contributed by atoms with E-state index in [0.717, 1.165) is 57.9 Å². The lowest BCUT2D eigenvalue weighted by Crippen LogP contribution is -2.48. The third-order valence-electron chi connectivity index (χ3n) is 6.04. The highest BCUT2D eigenvalue weighted by Crippen LogP contribution is 2.30. The van der Waals surface area contributed by atoms with Crippen LogP contribution in [0, 0.1) is 11.8 Å². The maximum atomic E-state index is 12.6. The van der Waals surface area contributed by atoms with Crippen LogP contribution in [0.5, 0.6) is 0 Å². The van der Waals surface area contributed by atoms with E-state index in [2.05, 4.69) is 12.2 Å². The van der Waals surface area contributed by atoms with Gasteiger partial charge >= 0.3 is 6.09 Å². The largest absolute Gasteiger partial charge is 0.450 e. The van der Waals surface area contributed by atoms with Crippen LogP contribution in [0.25, 0.3) is 0 Å². The van der Waals surface area contributed by atoms with Crippen molar-refractivity contribution in [1.82, 2.24) is 15.1 Å². The van der Waals surface area contributed by atoms with Gasteiger partial charge in [-0.05, 0) is 51.9 Å². The minimum atomic E-state index is -0.265. The van der Waals surface area contributed by atoms with Gasteiger partial charge in [-0.2, -0.15) is 0 Å². The van der Waals surface area contributed by atoms with Crippen LogP contribution in [0.1, 0.15) is 65.2 Å². The van der Waals surface area contributed by atoms with Gasteiger partial charge < -0.3 is 19.9 Å². The third kappa shape index (κ3) is 6.38. The molecule has 0 aromatic heterocycles. The van der Waals surface area contributed by atoms with Crippen molar-refractivity contribution in [3.8, 4) is 0 Å². The molecule has 0 unspecified atom stereocenters. The molecule has 0 radical (unpaired) electrons. The molecule has 1 aliphatic heterocycles. The van der Waals surface area contributed by atoms with E-state index in [-0.39, 0.29) is 35.8 Å². The maximum absolute atomic E-state index is 12.6. The molecule has 1 aliphatic carbocycles. The summed E-state index contributed by atoms with van der Waals surface area (Å²) >= 11 is 0. The Labute approximate surface area is 169 Å². The minimum absolute atomic E-state index is 0.00749. The number of hydrogen-bond donors (Lipinski definition) is 1. The van der Waals surface area contributed by atoms with Crippen molar-refractivity contribution >= 4 is 17.9 Å². The van der Waals surface area contributed by atoms with Crippen LogP contribution in [-0.2, 0) is 14.3 Å². The molecule has 3 amide bonds. The van der Waals surface area contributed by atoms with Gasteiger partial charge in [-0.3, -0.25) is 9.59 Å². The Morgan fingerprint density at radius 1 is 1.00 bits per heavy atom. The van der Waals surface area contributed by atoms with Gasteiger partial charge in [0.25, 0.3) is 0 Å². The van der Waals surface area contributed by atoms with E-state index in [1.165, 1.54) is 0 Å². The van der Waals surface area contributed by atoms with E-state index in [4.69, 9.17) is 4.74 Å². The molecule has 2 fully saturated rings. The van der Waals surface area contributed by atoms with Crippen molar-refractivity contribution in [2.45, 2.75) is 71.3 Å². The number of piperidine rings is 1. The summed E-state index contributed by atoms with van der Waals surface area (Å²) in [5.74, 6) is 0.422. The molecule has 1 heterocycles. The van der Waals surface area contributed by atoms with Gasteiger partial charge in [0, 0.05) is 44.6 Å². The zero-order valence-electron chi connectivity index (χ0n) is 17.7. The SMILES string of the molecule is CCCCN(C)C(=O)C1CCC(C(=O)NC2CCN(C(=O)OCC)CC2)CC1. The molecule has 2 rings (SSSR count). The number of carbonyl (C=O) groups excluding carboxylic acids is 3. The second kappa shape index (κ2) is 11.3. The maximum Gasteiger partial charge on any atom is 0.409 e. The number of amides is 3. The predicted molar refractivity (Wildman–Crippen MR) is 108 cm³/mol. The average Bonchev–Trinajstić information content (AvgIpc) is 2.72. The van der Waals surface area contributed by atoms with Gasteiger partial charge in [-0.1, -0.05) is 13.3 Å². The Hall–Kier alpha value is -1.79. The molecule has 0 aromatic carbocycles. The normalized spacial score (nSPS) is 23.2. The summed E-state index contributed by atoms with van der Waals surface area (Å²) < 4.78 is 5.03. The Morgan fingerprint density at radius 2 is 1.61 bits per heavy atom. The lowest BCUT2D eigenvalue weighted by molar-refractivity contribution is -0.137. The van der Waals surface area contributed by atoms with E-state index >= 15 is 0 Å². The molecule has 7 heteroatoms. The van der Waals surface area contributed by atoms with E-state index in [1.807, 2.05) is 11.9 Å². The van der Waals surface area contributed by atoms with Crippen LogP contribution < -0.4 is 5.32 Å². The van der Waals surface area contributed by atoms with E-state index in [0.29, 0.717) is 19.7 Å². The zero-order chi connectivity index (χ0) is 20.5. The van der Waals surface area contributed by atoms with Gasteiger partial charge in [0.2, 0.25) is 11.8 Å². The van der Waals surface area contributed by atoms with Crippen LogP contribution in [0.4, 0.5) is 4.79 Å². The van der Waals surface area contributed by atoms with Gasteiger partial charge in [0.05, 0.1) is 6.61 Å². The first-order valence-corrected chi connectivity index (χ1v) is 10.9. The Bertz CT molecular complexity index is 524. The van der Waals surface area contributed by atoms with Crippen molar-refractivity contribution in [2.75, 3.05) is 33.3 Å². The molecule has 1 saturated carbocycles. The number of ether oxygens (including phenoxy) is 1. The first-order chi connectivity index (χ1) is 13.5. The van der Waals surface area contributed by atoms with Crippen LogP contribution in [0.3, 0.4) is 0 Å². The van der Waals surface area contributed by atoms with E-state index in [9.17, 15) is 14.4 Å². The molecule has 1 N–H and O–H groups in total. The third-order valence-corrected chi connectivity index (χ3v) is 6.04. The lowest BCUT2D eigenvalue weighted by Gasteiger charge is -2.34. The number of unbranched alkanes of at least 4 members (excludes halogenated alkanes) is 1. The van der Waals surface area contributed by atoms with Gasteiger partial charge in [-0.25, -0.2) is 4.79 Å². The smallest absolute Gasteiger partial charge is 0.409 e. The molecular formula is C21H37N3O4. The van der Waals surface area contributed by atoms with Crippen molar-refractivity contribution in [1.29, 1.82) is 0 Å². The monoisotopic (exact) mass is 395 g/mol. The second-order valence-electron chi connectivity index (χ2n) is 8.13. The quantitative estimate of drug-likeness (QED) is 0.719. The first kappa shape index (κ1) is 22.5. The summed E-state index contributed by atoms with van der Waals surface area (Å²) in [6.07, 6.45) is 6.55. The summed E-state index contributed by atoms with van der Waals surface area (Å²) in [4.78, 5) is 40.4. The number of hydrogen-bond acceptors (Lipinski definition) is 4. The molecular weight excluding hydrogens is 358 g/mol. The highest BCUT2D eigenvalue weighted by molar-refractivity contribution is 5.81. The van der Waals surface area contributed by atoms with Crippen molar-refractivity contribution < 1.29 is 19.1 Å². The van der Waals surface area contributed by atoms with Gasteiger partial charge in [-0.15, -0.1) is 0 Å². The molecule has 0 atom stereocenters. The Morgan fingerprint density at radius 3 is 2.18 bits per heavy atom. The minimum Gasteiger partial charge on any atom is -0.450 e. The number of rotatable bonds is 7. The van der Waals surface area contributed by atoms with Crippen LogP contribution in [-0.4, -0.2) is 67.0 Å². The molecule has 7 nitrogen and oxygen atoms in total. The Kier molecular flexibility index (Phi) is 9.06. The Balaban J connectivity index is 1.70. The predicted octanol–water partition coefficient (Wildman–Crippen LogP) is 2.79. The zero-order valence-corrected chi connectivity index (χ0v) is 17.7. The van der Waals surface area contributed by atoms with Crippen molar-refractivity contribution in [2.24, 2.45) is 11.8 Å². The molecule has 0 spiro atoms. The fraction of sp³-hybridized carbons (Fsp3) is 0.857. The number of nitrogens with one attached hydrogen (secondary N) is 1. The van der Waals surface area contributed by atoms with Gasteiger partial charge in [0.1, 0.15) is 0 Å².